The Morgan fingerprint density at radius 1 is 1.12 bits per heavy atom. The number of carbonyl (C=O) groups is 3. The van der Waals surface area contributed by atoms with Crippen molar-refractivity contribution in [3.8, 4) is 11.3 Å². The Hall–Kier alpha value is -2.98. The molecule has 1 aliphatic carbocycles. The zero-order valence-corrected chi connectivity index (χ0v) is 21.6. The first-order valence-corrected chi connectivity index (χ1v) is 14.4. The summed E-state index contributed by atoms with van der Waals surface area (Å²) in [6, 6.07) is 10.9. The number of aromatic nitrogens is 1. The standard InChI is InChI=1S/C24H34N4O5Si/c1-15(33-34(5,6)24(2,3)4)21(29)26-27-22(30)17-12-18(13-17)25-23(31)20-14-19(28-32-20)16-10-8-7-9-11-16/h7-11,14-15,17-18H,12-13H2,1-6H3,(H,25,31)(H,26,29)(H,27,30)/t15-,17?,18?/m1/s1. The van der Waals surface area contributed by atoms with Crippen molar-refractivity contribution in [2.75, 3.05) is 0 Å². The van der Waals surface area contributed by atoms with Gasteiger partial charge in [0.1, 0.15) is 11.8 Å². The number of benzene rings is 1. The molecule has 0 aliphatic heterocycles. The van der Waals surface area contributed by atoms with Crippen LogP contribution in [0, 0.1) is 5.92 Å². The lowest BCUT2D eigenvalue weighted by molar-refractivity contribution is -0.136. The molecule has 34 heavy (non-hydrogen) atoms. The molecule has 1 aromatic carbocycles. The Morgan fingerprint density at radius 3 is 2.38 bits per heavy atom. The zero-order chi connectivity index (χ0) is 25.1. The molecule has 1 aliphatic rings. The summed E-state index contributed by atoms with van der Waals surface area (Å²) in [5.41, 5.74) is 6.37. The van der Waals surface area contributed by atoms with Crippen LogP contribution in [-0.4, -0.2) is 43.3 Å². The highest BCUT2D eigenvalue weighted by Gasteiger charge is 2.40. The molecule has 0 spiro atoms. The number of rotatable bonds is 7. The molecule has 1 fully saturated rings. The van der Waals surface area contributed by atoms with E-state index in [1.165, 1.54) is 0 Å². The second-order valence-corrected chi connectivity index (χ2v) is 15.0. The van der Waals surface area contributed by atoms with Gasteiger partial charge in [0, 0.05) is 23.6 Å². The van der Waals surface area contributed by atoms with E-state index in [0.29, 0.717) is 18.5 Å². The molecule has 10 heteroatoms. The molecule has 2 aromatic rings. The fourth-order valence-corrected chi connectivity index (χ4v) is 4.68. The summed E-state index contributed by atoms with van der Waals surface area (Å²) in [7, 11) is -2.10. The molecule has 0 bridgehead atoms. The van der Waals surface area contributed by atoms with Crippen LogP contribution in [-0.2, 0) is 14.0 Å². The van der Waals surface area contributed by atoms with Gasteiger partial charge >= 0.3 is 0 Å². The number of hydrogen-bond donors (Lipinski definition) is 3. The van der Waals surface area contributed by atoms with Crippen molar-refractivity contribution >= 4 is 26.0 Å². The van der Waals surface area contributed by atoms with Crippen LogP contribution in [0.5, 0.6) is 0 Å². The molecule has 1 saturated carbocycles. The Morgan fingerprint density at radius 2 is 1.76 bits per heavy atom. The molecule has 9 nitrogen and oxygen atoms in total. The predicted octanol–water partition coefficient (Wildman–Crippen LogP) is 3.41. The predicted molar refractivity (Wildman–Crippen MR) is 130 cm³/mol. The van der Waals surface area contributed by atoms with Crippen LogP contribution in [0.25, 0.3) is 11.3 Å². The molecule has 3 N–H and O–H groups in total. The van der Waals surface area contributed by atoms with Gasteiger partial charge in [-0.1, -0.05) is 56.3 Å². The van der Waals surface area contributed by atoms with Crippen molar-refractivity contribution in [3.63, 3.8) is 0 Å². The van der Waals surface area contributed by atoms with Gasteiger partial charge in [-0.3, -0.25) is 25.2 Å². The molecule has 3 rings (SSSR count). The lowest BCUT2D eigenvalue weighted by atomic mass is 9.79. The van der Waals surface area contributed by atoms with Crippen LogP contribution in [0.15, 0.2) is 40.9 Å². The van der Waals surface area contributed by atoms with E-state index >= 15 is 0 Å². The van der Waals surface area contributed by atoms with Gasteiger partial charge in [-0.05, 0) is 37.9 Å². The first-order chi connectivity index (χ1) is 15.9. The third-order valence-corrected chi connectivity index (χ3v) is 11.2. The highest BCUT2D eigenvalue weighted by Crippen LogP contribution is 2.37. The fraction of sp³-hybridized carbons (Fsp3) is 0.500. The fourth-order valence-electron chi connectivity index (χ4n) is 3.33. The van der Waals surface area contributed by atoms with Crippen molar-refractivity contribution in [1.29, 1.82) is 0 Å². The molecule has 1 atom stereocenters. The normalized spacial score (nSPS) is 19.0. The van der Waals surface area contributed by atoms with Gasteiger partial charge in [0.05, 0.1) is 0 Å². The summed E-state index contributed by atoms with van der Waals surface area (Å²) in [5.74, 6) is -1.22. The molecule has 0 unspecified atom stereocenters. The van der Waals surface area contributed by atoms with Crippen LogP contribution in [0.4, 0.5) is 0 Å². The third-order valence-electron chi connectivity index (χ3n) is 6.60. The largest absolute Gasteiger partial charge is 0.405 e. The molecule has 184 valence electrons. The van der Waals surface area contributed by atoms with E-state index in [4.69, 9.17) is 8.95 Å². The number of amides is 3. The number of nitrogens with one attached hydrogen (secondary N) is 3. The van der Waals surface area contributed by atoms with Crippen molar-refractivity contribution in [3.05, 3.63) is 42.2 Å². The Bertz CT molecular complexity index is 1030. The van der Waals surface area contributed by atoms with Crippen LogP contribution < -0.4 is 16.2 Å². The van der Waals surface area contributed by atoms with Crippen LogP contribution in [0.3, 0.4) is 0 Å². The minimum atomic E-state index is -2.10. The van der Waals surface area contributed by atoms with Crippen LogP contribution in [0.2, 0.25) is 18.1 Å². The van der Waals surface area contributed by atoms with E-state index in [0.717, 1.165) is 5.56 Å². The Kier molecular flexibility index (Phi) is 7.62. The van der Waals surface area contributed by atoms with Gasteiger partial charge < -0.3 is 14.3 Å². The minimum Gasteiger partial charge on any atom is -0.405 e. The maximum atomic E-state index is 12.4. The summed E-state index contributed by atoms with van der Waals surface area (Å²) < 4.78 is 11.2. The van der Waals surface area contributed by atoms with E-state index in [2.05, 4.69) is 55.2 Å². The first-order valence-electron chi connectivity index (χ1n) is 11.5. The minimum absolute atomic E-state index is 0.0228. The Balaban J connectivity index is 1.40. The van der Waals surface area contributed by atoms with Crippen molar-refractivity contribution in [2.24, 2.45) is 5.92 Å². The monoisotopic (exact) mass is 486 g/mol. The highest BCUT2D eigenvalue weighted by molar-refractivity contribution is 6.74. The number of carbonyl (C=O) groups excluding carboxylic acids is 3. The van der Waals surface area contributed by atoms with E-state index in [-0.39, 0.29) is 40.5 Å². The topological polar surface area (TPSA) is 123 Å². The molecule has 1 aromatic heterocycles. The maximum Gasteiger partial charge on any atom is 0.290 e. The van der Waals surface area contributed by atoms with Crippen LogP contribution >= 0.6 is 0 Å². The lowest BCUT2D eigenvalue weighted by Crippen LogP contribution is -2.55. The van der Waals surface area contributed by atoms with Gasteiger partial charge in [0.15, 0.2) is 8.32 Å². The molecule has 0 saturated heterocycles. The van der Waals surface area contributed by atoms with Crippen molar-refractivity contribution in [2.45, 2.75) is 70.8 Å². The maximum absolute atomic E-state index is 12.4. The molecule has 0 radical (unpaired) electrons. The van der Waals surface area contributed by atoms with E-state index in [1.807, 2.05) is 30.3 Å². The average Bonchev–Trinajstić information content (AvgIpc) is 3.24. The summed E-state index contributed by atoms with van der Waals surface area (Å²) >= 11 is 0. The zero-order valence-electron chi connectivity index (χ0n) is 20.6. The van der Waals surface area contributed by atoms with E-state index < -0.39 is 14.4 Å². The van der Waals surface area contributed by atoms with Gasteiger partial charge in [-0.25, -0.2) is 0 Å². The number of hydrogen-bond acceptors (Lipinski definition) is 6. The van der Waals surface area contributed by atoms with Gasteiger partial charge in [-0.15, -0.1) is 0 Å². The smallest absolute Gasteiger partial charge is 0.290 e. The molecule has 3 amide bonds. The van der Waals surface area contributed by atoms with Crippen molar-refractivity contribution in [1.82, 2.24) is 21.3 Å². The Labute approximate surface area is 201 Å². The third kappa shape index (κ3) is 6.12. The number of nitrogens with zero attached hydrogens (tertiary/aromatic N) is 1. The highest BCUT2D eigenvalue weighted by atomic mass is 28.4. The molecular formula is C24H34N4O5Si. The average molecular weight is 487 g/mol. The van der Waals surface area contributed by atoms with E-state index in [9.17, 15) is 14.4 Å². The lowest BCUT2D eigenvalue weighted by Gasteiger charge is -2.38. The second-order valence-electron chi connectivity index (χ2n) is 10.3. The second kappa shape index (κ2) is 10.1. The SMILES string of the molecule is C[C@@H](O[Si](C)(C)C(C)(C)C)C(=O)NNC(=O)C1CC(NC(=O)c2cc(-c3ccccc3)no2)C1. The summed E-state index contributed by atoms with van der Waals surface area (Å²) in [4.78, 5) is 37.1. The van der Waals surface area contributed by atoms with Gasteiger partial charge in [0.2, 0.25) is 11.7 Å². The summed E-state index contributed by atoms with van der Waals surface area (Å²) in [6.45, 7) is 12.1. The molecular weight excluding hydrogens is 452 g/mol. The van der Waals surface area contributed by atoms with Crippen molar-refractivity contribution < 1.29 is 23.3 Å². The quantitative estimate of drug-likeness (QED) is 0.407. The van der Waals surface area contributed by atoms with Crippen LogP contribution in [0.1, 0.15) is 51.1 Å². The molecule has 1 heterocycles. The first kappa shape index (κ1) is 25.6. The summed E-state index contributed by atoms with van der Waals surface area (Å²) in [5, 5.41) is 6.77. The summed E-state index contributed by atoms with van der Waals surface area (Å²) in [6.07, 6.45) is 0.282. The van der Waals surface area contributed by atoms with Gasteiger partial charge in [-0.2, -0.15) is 0 Å². The van der Waals surface area contributed by atoms with E-state index in [1.54, 1.807) is 13.0 Å². The van der Waals surface area contributed by atoms with Gasteiger partial charge in [0.25, 0.3) is 11.8 Å². The number of hydrazine groups is 1.